The molecule has 2 heteroatoms. The summed E-state index contributed by atoms with van der Waals surface area (Å²) in [6.45, 7) is 13.0. The lowest BCUT2D eigenvalue weighted by Crippen LogP contribution is -2.07. The molecule has 1 N–H and O–H groups in total. The molecule has 0 rings (SSSR count). The van der Waals surface area contributed by atoms with E-state index in [0.717, 1.165) is 5.57 Å². The van der Waals surface area contributed by atoms with E-state index in [0.29, 0.717) is 6.29 Å². The summed E-state index contributed by atoms with van der Waals surface area (Å²) in [4.78, 5) is 10.5. The normalized spacial score (nSPS) is 12.4. The van der Waals surface area contributed by atoms with Gasteiger partial charge in [0.1, 0.15) is 5.76 Å². The summed E-state index contributed by atoms with van der Waals surface area (Å²) < 4.78 is 0. The number of rotatable bonds is 3. The van der Waals surface area contributed by atoms with Crippen molar-refractivity contribution in [2.45, 2.75) is 20.8 Å². The van der Waals surface area contributed by atoms with Crippen molar-refractivity contribution in [2.24, 2.45) is 5.41 Å². The van der Waals surface area contributed by atoms with Crippen LogP contribution in [0.1, 0.15) is 20.8 Å². The summed E-state index contributed by atoms with van der Waals surface area (Å²) in [5.41, 5.74) is 0.855. The smallest absolute Gasteiger partial charge is 0.153 e. The van der Waals surface area contributed by atoms with Crippen molar-refractivity contribution < 1.29 is 9.90 Å². The maximum atomic E-state index is 10.5. The Morgan fingerprint density at radius 2 is 1.77 bits per heavy atom. The zero-order valence-corrected chi connectivity index (χ0v) is 8.42. The molecule has 0 fully saturated rings. The predicted molar refractivity (Wildman–Crippen MR) is 54.5 cm³/mol. The predicted octanol–water partition coefficient (Wildman–Crippen LogP) is 2.79. The maximum Gasteiger partial charge on any atom is 0.153 e. The van der Waals surface area contributed by atoms with E-state index in [-0.39, 0.29) is 16.7 Å². The van der Waals surface area contributed by atoms with Crippen LogP contribution in [0.4, 0.5) is 0 Å². The van der Waals surface area contributed by atoms with E-state index in [4.69, 9.17) is 5.11 Å². The molecule has 0 aromatic heterocycles. The van der Waals surface area contributed by atoms with Gasteiger partial charge in [0.05, 0.1) is 5.57 Å². The van der Waals surface area contributed by atoms with Crippen LogP contribution in [0.5, 0.6) is 0 Å². The molecule has 0 heterocycles. The number of carbonyl (C=O) groups excluding carboxylic acids is 1. The highest BCUT2D eigenvalue weighted by Crippen LogP contribution is 2.25. The summed E-state index contributed by atoms with van der Waals surface area (Å²) in [6.07, 6.45) is 2.12. The van der Waals surface area contributed by atoms with Crippen LogP contribution in [0, 0.1) is 5.41 Å². The lowest BCUT2D eigenvalue weighted by molar-refractivity contribution is -0.104. The Morgan fingerprint density at radius 1 is 1.31 bits per heavy atom. The SMILES string of the molecule is C=C(O)/C(C=O)=C\C(=C)C(C)(C)C. The van der Waals surface area contributed by atoms with E-state index < -0.39 is 0 Å². The summed E-state index contributed by atoms with van der Waals surface area (Å²) in [5.74, 6) is -0.222. The Morgan fingerprint density at radius 3 is 2.00 bits per heavy atom. The highest BCUT2D eigenvalue weighted by Gasteiger charge is 2.13. The van der Waals surface area contributed by atoms with Crippen molar-refractivity contribution in [1.29, 1.82) is 0 Å². The average Bonchev–Trinajstić information content (AvgIpc) is 1.96. The van der Waals surface area contributed by atoms with Crippen molar-refractivity contribution in [3.05, 3.63) is 36.1 Å². The maximum absolute atomic E-state index is 10.5. The van der Waals surface area contributed by atoms with Crippen molar-refractivity contribution in [1.82, 2.24) is 0 Å². The first-order valence-corrected chi connectivity index (χ1v) is 4.03. The second kappa shape index (κ2) is 4.08. The van der Waals surface area contributed by atoms with E-state index in [1.165, 1.54) is 0 Å². The summed E-state index contributed by atoms with van der Waals surface area (Å²) in [7, 11) is 0. The van der Waals surface area contributed by atoms with E-state index >= 15 is 0 Å². The van der Waals surface area contributed by atoms with Crippen molar-refractivity contribution in [3.8, 4) is 0 Å². The molecule has 0 saturated heterocycles. The van der Waals surface area contributed by atoms with Crippen molar-refractivity contribution in [2.75, 3.05) is 0 Å². The van der Waals surface area contributed by atoms with Crippen LogP contribution in [0.15, 0.2) is 36.1 Å². The van der Waals surface area contributed by atoms with Gasteiger partial charge in [0, 0.05) is 0 Å². The zero-order valence-electron chi connectivity index (χ0n) is 8.42. The van der Waals surface area contributed by atoms with Crippen LogP contribution in [0.2, 0.25) is 0 Å². The number of allylic oxidation sites excluding steroid dienone is 3. The standard InChI is InChI=1S/C11H16O2/c1-8(11(3,4)5)6-10(7-12)9(2)13/h6-7,13H,1-2H2,3-5H3/b10-6-. The first-order chi connectivity index (χ1) is 5.79. The Balaban J connectivity index is 4.83. The third-order valence-corrected chi connectivity index (χ3v) is 1.75. The van der Waals surface area contributed by atoms with Crippen LogP contribution >= 0.6 is 0 Å². The molecule has 0 amide bonds. The minimum Gasteiger partial charge on any atom is -0.508 e. The fourth-order valence-electron chi connectivity index (χ4n) is 0.590. The number of aldehydes is 1. The van der Waals surface area contributed by atoms with Crippen molar-refractivity contribution >= 4 is 6.29 Å². The topological polar surface area (TPSA) is 37.3 Å². The number of carbonyl (C=O) groups is 1. The average molecular weight is 180 g/mol. The van der Waals surface area contributed by atoms with Gasteiger partial charge in [-0.3, -0.25) is 4.79 Å². The number of hydrogen-bond donors (Lipinski definition) is 1. The molecule has 0 aliphatic heterocycles. The highest BCUT2D eigenvalue weighted by atomic mass is 16.3. The fraction of sp³-hybridized carbons (Fsp3) is 0.364. The number of hydrogen-bond acceptors (Lipinski definition) is 2. The Labute approximate surface area is 79.3 Å². The van der Waals surface area contributed by atoms with Gasteiger partial charge in [0.15, 0.2) is 6.29 Å². The molecule has 0 aliphatic carbocycles. The Bertz CT molecular complexity index is 264. The zero-order chi connectivity index (χ0) is 10.6. The van der Waals surface area contributed by atoms with Gasteiger partial charge in [-0.1, -0.05) is 33.9 Å². The Hall–Kier alpha value is -1.31. The lowest BCUT2D eigenvalue weighted by atomic mass is 9.86. The van der Waals surface area contributed by atoms with Crippen LogP contribution in [-0.4, -0.2) is 11.4 Å². The van der Waals surface area contributed by atoms with Gasteiger partial charge < -0.3 is 5.11 Å². The molecule has 0 aromatic carbocycles. The lowest BCUT2D eigenvalue weighted by Gasteiger charge is -2.19. The Kier molecular flexibility index (Phi) is 3.67. The minimum absolute atomic E-state index is 0.107. The summed E-state index contributed by atoms with van der Waals surface area (Å²) in [6, 6.07) is 0. The molecule has 72 valence electrons. The fourth-order valence-corrected chi connectivity index (χ4v) is 0.590. The minimum atomic E-state index is -0.222. The third kappa shape index (κ3) is 3.74. The first kappa shape index (κ1) is 11.7. The van der Waals surface area contributed by atoms with Crippen LogP contribution in [0.3, 0.4) is 0 Å². The van der Waals surface area contributed by atoms with Crippen LogP contribution in [-0.2, 0) is 4.79 Å². The number of aliphatic hydroxyl groups is 1. The summed E-state index contributed by atoms with van der Waals surface area (Å²) in [5, 5.41) is 8.99. The third-order valence-electron chi connectivity index (χ3n) is 1.75. The van der Waals surface area contributed by atoms with Gasteiger partial charge in [-0.05, 0) is 17.1 Å². The molecule has 0 spiro atoms. The molecule has 13 heavy (non-hydrogen) atoms. The van der Waals surface area contributed by atoms with E-state index in [2.05, 4.69) is 13.2 Å². The molecular weight excluding hydrogens is 164 g/mol. The molecule has 0 aliphatic rings. The van der Waals surface area contributed by atoms with Gasteiger partial charge in [0.25, 0.3) is 0 Å². The molecule has 0 saturated carbocycles. The van der Waals surface area contributed by atoms with Gasteiger partial charge in [-0.2, -0.15) is 0 Å². The number of aliphatic hydroxyl groups excluding tert-OH is 1. The highest BCUT2D eigenvalue weighted by molar-refractivity contribution is 5.79. The van der Waals surface area contributed by atoms with Gasteiger partial charge in [0.2, 0.25) is 0 Å². The van der Waals surface area contributed by atoms with Crippen LogP contribution < -0.4 is 0 Å². The first-order valence-electron chi connectivity index (χ1n) is 4.03. The van der Waals surface area contributed by atoms with Gasteiger partial charge in [-0.15, -0.1) is 0 Å². The van der Waals surface area contributed by atoms with Crippen LogP contribution in [0.25, 0.3) is 0 Å². The summed E-state index contributed by atoms with van der Waals surface area (Å²) >= 11 is 0. The quantitative estimate of drug-likeness (QED) is 0.314. The second-order valence-electron chi connectivity index (χ2n) is 3.94. The molecular formula is C11H16O2. The second-order valence-corrected chi connectivity index (χ2v) is 3.94. The largest absolute Gasteiger partial charge is 0.508 e. The molecule has 0 atom stereocenters. The van der Waals surface area contributed by atoms with E-state index in [1.54, 1.807) is 6.08 Å². The van der Waals surface area contributed by atoms with E-state index in [1.807, 2.05) is 20.8 Å². The molecule has 0 unspecified atom stereocenters. The molecule has 0 aromatic rings. The molecule has 0 radical (unpaired) electrons. The van der Waals surface area contributed by atoms with Crippen molar-refractivity contribution in [3.63, 3.8) is 0 Å². The monoisotopic (exact) mass is 180 g/mol. The van der Waals surface area contributed by atoms with Gasteiger partial charge in [-0.25, -0.2) is 0 Å². The molecule has 0 bridgehead atoms. The molecule has 2 nitrogen and oxygen atoms in total. The van der Waals surface area contributed by atoms with Gasteiger partial charge >= 0.3 is 0 Å². The van der Waals surface area contributed by atoms with E-state index in [9.17, 15) is 4.79 Å².